The second-order valence-electron chi connectivity index (χ2n) is 2.73. The smallest absolute Gasteiger partial charge is 0.111 e. The van der Waals surface area contributed by atoms with Gasteiger partial charge in [-0.05, 0) is 5.56 Å². The molecule has 1 aliphatic heterocycles. The monoisotopic (exact) mass is 150 g/mol. The Bertz CT molecular complexity index is 229. The Hall–Kier alpha value is -0.860. The third kappa shape index (κ3) is 1.42. The van der Waals surface area contributed by atoms with Crippen LogP contribution in [0.2, 0.25) is 0 Å². The number of hydrogen-bond donors (Lipinski definition) is 1. The molecule has 1 aromatic carbocycles. The van der Waals surface area contributed by atoms with Crippen molar-refractivity contribution < 1.29 is 9.84 Å². The molecule has 2 nitrogen and oxygen atoms in total. The summed E-state index contributed by atoms with van der Waals surface area (Å²) in [5.74, 6) is 0. The van der Waals surface area contributed by atoms with Crippen LogP contribution in [0.5, 0.6) is 0 Å². The van der Waals surface area contributed by atoms with E-state index in [1.165, 1.54) is 0 Å². The van der Waals surface area contributed by atoms with E-state index >= 15 is 0 Å². The SMILES string of the molecule is O[C@@H](c1ccccc1)C1CO1. The highest BCUT2D eigenvalue weighted by Gasteiger charge is 2.31. The average Bonchev–Trinajstić information content (AvgIpc) is 2.87. The predicted molar refractivity (Wildman–Crippen MR) is 41.1 cm³/mol. The number of benzene rings is 1. The highest BCUT2D eigenvalue weighted by molar-refractivity contribution is 5.19. The van der Waals surface area contributed by atoms with Gasteiger partial charge in [-0.15, -0.1) is 0 Å². The van der Waals surface area contributed by atoms with Crippen molar-refractivity contribution in [1.82, 2.24) is 0 Å². The normalized spacial score (nSPS) is 24.6. The minimum atomic E-state index is -0.434. The van der Waals surface area contributed by atoms with Crippen molar-refractivity contribution in [2.24, 2.45) is 0 Å². The Morgan fingerprint density at radius 2 is 2.00 bits per heavy atom. The minimum absolute atomic E-state index is 0.0393. The first-order valence-electron chi connectivity index (χ1n) is 3.72. The van der Waals surface area contributed by atoms with Crippen LogP contribution in [0.4, 0.5) is 0 Å². The third-order valence-electron chi connectivity index (χ3n) is 1.85. The van der Waals surface area contributed by atoms with E-state index < -0.39 is 6.10 Å². The minimum Gasteiger partial charge on any atom is -0.386 e. The average molecular weight is 150 g/mol. The summed E-state index contributed by atoms with van der Waals surface area (Å²) in [6.07, 6.45) is -0.395. The lowest BCUT2D eigenvalue weighted by Crippen LogP contribution is -2.03. The molecule has 0 radical (unpaired) electrons. The fraction of sp³-hybridized carbons (Fsp3) is 0.333. The van der Waals surface area contributed by atoms with E-state index in [0.717, 1.165) is 5.56 Å². The lowest BCUT2D eigenvalue weighted by molar-refractivity contribution is 0.137. The van der Waals surface area contributed by atoms with Gasteiger partial charge >= 0.3 is 0 Å². The van der Waals surface area contributed by atoms with Crippen LogP contribution in [0.25, 0.3) is 0 Å². The molecule has 0 amide bonds. The first-order chi connectivity index (χ1) is 5.38. The van der Waals surface area contributed by atoms with Gasteiger partial charge in [0.15, 0.2) is 0 Å². The molecule has 0 spiro atoms. The van der Waals surface area contributed by atoms with E-state index in [4.69, 9.17) is 4.74 Å². The topological polar surface area (TPSA) is 32.8 Å². The Kier molecular flexibility index (Phi) is 1.64. The fourth-order valence-electron chi connectivity index (χ4n) is 1.10. The summed E-state index contributed by atoms with van der Waals surface area (Å²) in [7, 11) is 0. The molecule has 0 aromatic heterocycles. The molecule has 1 heterocycles. The molecule has 11 heavy (non-hydrogen) atoms. The number of ether oxygens (including phenoxy) is 1. The highest BCUT2D eigenvalue weighted by Crippen LogP contribution is 2.26. The van der Waals surface area contributed by atoms with Crippen molar-refractivity contribution >= 4 is 0 Å². The first kappa shape index (κ1) is 6.83. The molecular formula is C9H10O2. The van der Waals surface area contributed by atoms with E-state index in [1.807, 2.05) is 30.3 Å². The molecule has 0 bridgehead atoms. The first-order valence-corrected chi connectivity index (χ1v) is 3.72. The van der Waals surface area contributed by atoms with Crippen LogP contribution in [0.1, 0.15) is 11.7 Å². The Morgan fingerprint density at radius 3 is 2.55 bits per heavy atom. The van der Waals surface area contributed by atoms with Crippen LogP contribution in [-0.2, 0) is 4.74 Å². The van der Waals surface area contributed by atoms with Crippen LogP contribution in [-0.4, -0.2) is 17.8 Å². The van der Waals surface area contributed by atoms with Gasteiger partial charge in [-0.25, -0.2) is 0 Å². The summed E-state index contributed by atoms with van der Waals surface area (Å²) in [5.41, 5.74) is 0.940. The maximum absolute atomic E-state index is 9.54. The maximum Gasteiger partial charge on any atom is 0.111 e. The van der Waals surface area contributed by atoms with Gasteiger partial charge in [-0.2, -0.15) is 0 Å². The van der Waals surface area contributed by atoms with E-state index in [-0.39, 0.29) is 6.10 Å². The largest absolute Gasteiger partial charge is 0.386 e. The summed E-state index contributed by atoms with van der Waals surface area (Å²) < 4.78 is 4.97. The van der Waals surface area contributed by atoms with Gasteiger partial charge in [-0.3, -0.25) is 0 Å². The number of hydrogen-bond acceptors (Lipinski definition) is 2. The fourth-order valence-corrected chi connectivity index (χ4v) is 1.10. The molecule has 0 aliphatic carbocycles. The molecule has 1 fully saturated rings. The third-order valence-corrected chi connectivity index (χ3v) is 1.85. The molecule has 1 aliphatic rings. The van der Waals surface area contributed by atoms with Gasteiger partial charge in [0.25, 0.3) is 0 Å². The zero-order valence-electron chi connectivity index (χ0n) is 6.10. The van der Waals surface area contributed by atoms with Crippen LogP contribution in [0, 0.1) is 0 Å². The van der Waals surface area contributed by atoms with E-state index in [9.17, 15) is 5.11 Å². The van der Waals surface area contributed by atoms with Gasteiger partial charge in [0.05, 0.1) is 6.61 Å². The molecule has 2 rings (SSSR count). The maximum atomic E-state index is 9.54. The summed E-state index contributed by atoms with van der Waals surface area (Å²) in [4.78, 5) is 0. The van der Waals surface area contributed by atoms with Crippen molar-refractivity contribution in [3.63, 3.8) is 0 Å². The van der Waals surface area contributed by atoms with Crippen molar-refractivity contribution in [2.75, 3.05) is 6.61 Å². The van der Waals surface area contributed by atoms with Gasteiger partial charge in [0.2, 0.25) is 0 Å². The zero-order valence-corrected chi connectivity index (χ0v) is 6.10. The Labute approximate surface area is 65.4 Å². The number of aliphatic hydroxyl groups is 1. The second-order valence-corrected chi connectivity index (χ2v) is 2.73. The van der Waals surface area contributed by atoms with Gasteiger partial charge in [0.1, 0.15) is 12.2 Å². The Morgan fingerprint density at radius 1 is 1.36 bits per heavy atom. The zero-order chi connectivity index (χ0) is 7.68. The quantitative estimate of drug-likeness (QED) is 0.641. The predicted octanol–water partition coefficient (Wildman–Crippen LogP) is 1.12. The molecule has 2 atom stereocenters. The summed E-state index contributed by atoms with van der Waals surface area (Å²) in [5, 5.41) is 9.54. The highest BCUT2D eigenvalue weighted by atomic mass is 16.6. The summed E-state index contributed by atoms with van der Waals surface area (Å²) in [6, 6.07) is 9.59. The van der Waals surface area contributed by atoms with Crippen molar-refractivity contribution in [1.29, 1.82) is 0 Å². The van der Waals surface area contributed by atoms with E-state index in [1.54, 1.807) is 0 Å². The molecule has 2 heteroatoms. The molecule has 0 saturated carbocycles. The van der Waals surface area contributed by atoms with E-state index in [2.05, 4.69) is 0 Å². The van der Waals surface area contributed by atoms with Gasteiger partial charge in [-0.1, -0.05) is 30.3 Å². The van der Waals surface area contributed by atoms with Gasteiger partial charge in [0, 0.05) is 0 Å². The number of rotatable bonds is 2. The van der Waals surface area contributed by atoms with Crippen molar-refractivity contribution in [3.8, 4) is 0 Å². The second kappa shape index (κ2) is 2.64. The number of aliphatic hydroxyl groups excluding tert-OH is 1. The van der Waals surface area contributed by atoms with Gasteiger partial charge < -0.3 is 9.84 Å². The molecule has 1 N–H and O–H groups in total. The van der Waals surface area contributed by atoms with Crippen LogP contribution in [0.15, 0.2) is 30.3 Å². The molecule has 1 unspecified atom stereocenters. The van der Waals surface area contributed by atoms with Crippen molar-refractivity contribution in [2.45, 2.75) is 12.2 Å². The number of epoxide rings is 1. The Balaban J connectivity index is 2.15. The van der Waals surface area contributed by atoms with Crippen LogP contribution >= 0.6 is 0 Å². The standard InChI is InChI=1S/C9H10O2/c10-9(8-6-11-8)7-4-2-1-3-5-7/h1-5,8-10H,6H2/t8?,9-/m0/s1. The summed E-state index contributed by atoms with van der Waals surface area (Å²) >= 11 is 0. The molecule has 1 saturated heterocycles. The molecule has 58 valence electrons. The lowest BCUT2D eigenvalue weighted by atomic mass is 10.1. The van der Waals surface area contributed by atoms with Crippen molar-refractivity contribution in [3.05, 3.63) is 35.9 Å². The molecule has 1 aromatic rings. The summed E-state index contributed by atoms with van der Waals surface area (Å²) in [6.45, 7) is 0.691. The molecular weight excluding hydrogens is 140 g/mol. The van der Waals surface area contributed by atoms with Crippen LogP contribution < -0.4 is 0 Å². The van der Waals surface area contributed by atoms with Crippen LogP contribution in [0.3, 0.4) is 0 Å². The van der Waals surface area contributed by atoms with E-state index in [0.29, 0.717) is 6.61 Å². The lowest BCUT2D eigenvalue weighted by Gasteiger charge is -2.05.